The Morgan fingerprint density at radius 3 is 2.92 bits per heavy atom. The fraction of sp³-hybridized carbons (Fsp3) is 0.267. The van der Waals surface area contributed by atoms with Gasteiger partial charge in [-0.1, -0.05) is 36.8 Å². The van der Waals surface area contributed by atoms with Crippen LogP contribution in [0.15, 0.2) is 12.4 Å². The Morgan fingerprint density at radius 2 is 2.20 bits per heavy atom. The van der Waals surface area contributed by atoms with Gasteiger partial charge < -0.3 is 5.73 Å². The van der Waals surface area contributed by atoms with E-state index in [1.165, 1.54) is 17.5 Å². The fourth-order valence-electron chi connectivity index (χ4n) is 3.14. The largest absolute Gasteiger partial charge is 0.368 e. The average molecular weight is 376 g/mol. The van der Waals surface area contributed by atoms with Gasteiger partial charge in [-0.3, -0.25) is 15.2 Å². The van der Waals surface area contributed by atoms with Crippen molar-refractivity contribution >= 4 is 39.9 Å². The molecule has 10 heteroatoms. The lowest BCUT2D eigenvalue weighted by molar-refractivity contribution is 0.102. The van der Waals surface area contributed by atoms with E-state index in [0.717, 1.165) is 11.1 Å². The summed E-state index contributed by atoms with van der Waals surface area (Å²) in [6, 6.07) is 0. The van der Waals surface area contributed by atoms with Gasteiger partial charge in [0.15, 0.2) is 10.8 Å². The molecule has 0 atom stereocenters. The lowest BCUT2D eigenvalue weighted by atomic mass is 9.73. The molecule has 4 N–H and O–H groups in total. The van der Waals surface area contributed by atoms with Gasteiger partial charge in [-0.2, -0.15) is 5.10 Å². The molecule has 0 saturated heterocycles. The van der Waals surface area contributed by atoms with Crippen LogP contribution in [0.1, 0.15) is 35.5 Å². The Hall–Kier alpha value is -2.52. The number of carbonyl (C=O) groups excluding carboxylic acids is 1. The van der Waals surface area contributed by atoms with E-state index >= 15 is 0 Å². The maximum absolute atomic E-state index is 12.7. The highest BCUT2D eigenvalue weighted by molar-refractivity contribution is 7.19. The molecule has 1 amide bonds. The summed E-state index contributed by atoms with van der Waals surface area (Å²) in [4.78, 5) is 25.1. The number of fused-ring (bicyclic) bond motifs is 3. The van der Waals surface area contributed by atoms with E-state index in [1.54, 1.807) is 6.20 Å². The molecule has 8 nitrogen and oxygen atoms in total. The first-order valence-corrected chi connectivity index (χ1v) is 8.68. The second kappa shape index (κ2) is 5.50. The van der Waals surface area contributed by atoms with E-state index in [0.29, 0.717) is 33.0 Å². The lowest BCUT2D eigenvalue weighted by Gasteiger charge is -2.31. The van der Waals surface area contributed by atoms with E-state index in [9.17, 15) is 4.79 Å². The summed E-state index contributed by atoms with van der Waals surface area (Å²) < 4.78 is 0.501. The molecule has 3 aromatic heterocycles. The summed E-state index contributed by atoms with van der Waals surface area (Å²) in [6.07, 6.45) is 3.89. The number of nitrogens with two attached hydrogens (primary N) is 1. The number of amides is 1. The van der Waals surface area contributed by atoms with Crippen LogP contribution in [0.25, 0.3) is 11.4 Å². The molecule has 0 unspecified atom stereocenters. The number of nitrogens with one attached hydrogen (secondary N) is 2. The standard InChI is InChI=1S/C15H14ClN7OS/c1-15(2)3-6-4-18-13(17)20-9(6)10-8(15)11(23-22-10)12(24)21-14-19-5-7(16)25-14/h4-5H,3H2,1-2H3,(H,22,23)(H2,17,18,20)(H,19,21,24). The minimum absolute atomic E-state index is 0.183. The molecule has 0 aliphatic heterocycles. The highest BCUT2D eigenvalue weighted by Gasteiger charge is 2.38. The molecule has 4 rings (SSSR count). The van der Waals surface area contributed by atoms with Crippen molar-refractivity contribution in [1.29, 1.82) is 0 Å². The van der Waals surface area contributed by atoms with Gasteiger partial charge in [0.25, 0.3) is 5.91 Å². The van der Waals surface area contributed by atoms with Crippen molar-refractivity contribution in [2.24, 2.45) is 0 Å². The monoisotopic (exact) mass is 375 g/mol. The number of nitrogens with zero attached hydrogens (tertiary/aromatic N) is 4. The molecule has 1 aliphatic rings. The molecule has 0 fully saturated rings. The predicted octanol–water partition coefficient (Wildman–Crippen LogP) is 2.64. The lowest BCUT2D eigenvalue weighted by Crippen LogP contribution is -2.29. The predicted molar refractivity (Wildman–Crippen MR) is 95.8 cm³/mol. The van der Waals surface area contributed by atoms with Crippen molar-refractivity contribution in [3.63, 3.8) is 0 Å². The molecule has 0 spiro atoms. The zero-order valence-electron chi connectivity index (χ0n) is 13.4. The zero-order chi connectivity index (χ0) is 17.8. The molecule has 0 aromatic carbocycles. The summed E-state index contributed by atoms with van der Waals surface area (Å²) in [7, 11) is 0. The number of carbonyl (C=O) groups is 1. The summed E-state index contributed by atoms with van der Waals surface area (Å²) >= 11 is 7.05. The third kappa shape index (κ3) is 2.65. The van der Waals surface area contributed by atoms with Crippen LogP contribution in [-0.4, -0.2) is 31.1 Å². The maximum Gasteiger partial charge on any atom is 0.278 e. The molecular weight excluding hydrogens is 362 g/mol. The summed E-state index contributed by atoms with van der Waals surface area (Å²) in [5.74, 6) is -0.162. The van der Waals surface area contributed by atoms with Crippen LogP contribution in [0.4, 0.5) is 11.1 Å². The molecule has 0 saturated carbocycles. The van der Waals surface area contributed by atoms with Crippen LogP contribution in [0.5, 0.6) is 0 Å². The van der Waals surface area contributed by atoms with E-state index in [1.807, 2.05) is 0 Å². The molecule has 3 heterocycles. The summed E-state index contributed by atoms with van der Waals surface area (Å²) in [5.41, 5.74) is 8.87. The number of hydrogen-bond acceptors (Lipinski definition) is 7. The van der Waals surface area contributed by atoms with E-state index in [-0.39, 0.29) is 17.3 Å². The van der Waals surface area contributed by atoms with E-state index in [4.69, 9.17) is 17.3 Å². The number of thiazole rings is 1. The molecule has 25 heavy (non-hydrogen) atoms. The van der Waals surface area contributed by atoms with E-state index in [2.05, 4.69) is 44.3 Å². The topological polar surface area (TPSA) is 122 Å². The van der Waals surface area contributed by atoms with Gasteiger partial charge in [0, 0.05) is 11.8 Å². The van der Waals surface area contributed by atoms with Crippen molar-refractivity contribution in [2.45, 2.75) is 25.7 Å². The number of aromatic nitrogens is 5. The van der Waals surface area contributed by atoms with Gasteiger partial charge in [-0.25, -0.2) is 15.0 Å². The highest BCUT2D eigenvalue weighted by Crippen LogP contribution is 2.42. The van der Waals surface area contributed by atoms with Crippen molar-refractivity contribution in [2.75, 3.05) is 11.1 Å². The minimum Gasteiger partial charge on any atom is -0.368 e. The van der Waals surface area contributed by atoms with Gasteiger partial charge in [0.2, 0.25) is 5.95 Å². The zero-order valence-corrected chi connectivity index (χ0v) is 15.0. The molecular formula is C15H14ClN7OS. The minimum atomic E-state index is -0.345. The van der Waals surface area contributed by atoms with Crippen LogP contribution >= 0.6 is 22.9 Å². The van der Waals surface area contributed by atoms with Gasteiger partial charge in [0.05, 0.1) is 17.6 Å². The Morgan fingerprint density at radius 1 is 1.40 bits per heavy atom. The fourth-order valence-corrected chi connectivity index (χ4v) is 3.94. The Bertz CT molecular complexity index is 994. The van der Waals surface area contributed by atoms with Gasteiger partial charge in [-0.05, 0) is 17.4 Å². The van der Waals surface area contributed by atoms with Crippen molar-refractivity contribution in [3.8, 4) is 11.4 Å². The number of halogens is 1. The van der Waals surface area contributed by atoms with Crippen LogP contribution in [-0.2, 0) is 11.8 Å². The van der Waals surface area contributed by atoms with Gasteiger partial charge in [0.1, 0.15) is 4.34 Å². The first kappa shape index (κ1) is 16.0. The first-order chi connectivity index (χ1) is 11.8. The second-order valence-electron chi connectivity index (χ2n) is 6.41. The number of anilines is 2. The molecule has 128 valence electrons. The Labute approximate surface area is 151 Å². The quantitative estimate of drug-likeness (QED) is 0.632. The number of nitrogen functional groups attached to an aromatic ring is 1. The molecule has 1 aliphatic carbocycles. The third-order valence-corrected chi connectivity index (χ3v) is 5.14. The summed E-state index contributed by atoms with van der Waals surface area (Å²) in [5, 5.41) is 10.3. The second-order valence-corrected chi connectivity index (χ2v) is 8.07. The van der Waals surface area contributed by atoms with Gasteiger partial charge in [-0.15, -0.1) is 0 Å². The first-order valence-electron chi connectivity index (χ1n) is 7.48. The third-order valence-electron chi connectivity index (χ3n) is 4.11. The van der Waals surface area contributed by atoms with Crippen LogP contribution in [0.2, 0.25) is 4.34 Å². The molecule has 3 aromatic rings. The van der Waals surface area contributed by atoms with Crippen LogP contribution in [0, 0.1) is 0 Å². The number of H-pyrrole nitrogens is 1. The number of rotatable bonds is 2. The number of hydrogen-bond donors (Lipinski definition) is 3. The van der Waals surface area contributed by atoms with Gasteiger partial charge >= 0.3 is 0 Å². The van der Waals surface area contributed by atoms with Crippen molar-refractivity contribution in [3.05, 3.63) is 33.6 Å². The van der Waals surface area contributed by atoms with Crippen LogP contribution < -0.4 is 11.1 Å². The SMILES string of the molecule is CC1(C)Cc2cnc(N)nc2-c2[nH]nc(C(=O)Nc3ncc(Cl)s3)c21. The molecule has 0 radical (unpaired) electrons. The van der Waals surface area contributed by atoms with E-state index < -0.39 is 0 Å². The normalized spacial score (nSPS) is 14.7. The van der Waals surface area contributed by atoms with Crippen LogP contribution in [0.3, 0.4) is 0 Å². The number of aromatic amines is 1. The summed E-state index contributed by atoms with van der Waals surface area (Å²) in [6.45, 7) is 4.11. The highest BCUT2D eigenvalue weighted by atomic mass is 35.5. The smallest absolute Gasteiger partial charge is 0.278 e. The molecule has 0 bridgehead atoms. The maximum atomic E-state index is 12.7. The Kier molecular flexibility index (Phi) is 3.51. The Balaban J connectivity index is 1.79. The van der Waals surface area contributed by atoms with Crippen molar-refractivity contribution < 1.29 is 4.79 Å². The average Bonchev–Trinajstić information content (AvgIpc) is 3.15. The van der Waals surface area contributed by atoms with Crippen molar-refractivity contribution in [1.82, 2.24) is 25.1 Å².